The summed E-state index contributed by atoms with van der Waals surface area (Å²) in [5, 5.41) is 0. The van der Waals surface area contributed by atoms with Crippen LogP contribution in [0.1, 0.15) is 23.7 Å². The summed E-state index contributed by atoms with van der Waals surface area (Å²) in [6.07, 6.45) is 6.15. The molecule has 0 aromatic heterocycles. The summed E-state index contributed by atoms with van der Waals surface area (Å²) >= 11 is 7.65. The van der Waals surface area contributed by atoms with Crippen LogP contribution in [0.5, 0.6) is 0 Å². The Morgan fingerprint density at radius 1 is 1.59 bits per heavy atom. The Morgan fingerprint density at radius 2 is 2.29 bits per heavy atom. The van der Waals surface area contributed by atoms with E-state index in [1.54, 1.807) is 17.0 Å². The van der Waals surface area contributed by atoms with Gasteiger partial charge in [-0.3, -0.25) is 4.79 Å². The van der Waals surface area contributed by atoms with E-state index in [2.05, 4.69) is 34.5 Å². The first-order valence-electron chi connectivity index (χ1n) is 5.31. The van der Waals surface area contributed by atoms with Gasteiger partial charge in [-0.25, -0.2) is 0 Å². The second-order valence-electron chi connectivity index (χ2n) is 3.59. The number of rotatable bonds is 4. The summed E-state index contributed by atoms with van der Waals surface area (Å²) in [6, 6.07) is 5.39. The monoisotopic (exact) mass is 311 g/mol. The minimum Gasteiger partial charge on any atom is -0.327 e. The predicted octanol–water partition coefficient (Wildman–Crippen LogP) is 3.22. The van der Waals surface area contributed by atoms with Gasteiger partial charge in [-0.15, -0.1) is 19.1 Å². The van der Waals surface area contributed by atoms with Crippen LogP contribution in [0.2, 0.25) is 0 Å². The lowest BCUT2D eigenvalue weighted by molar-refractivity contribution is 0.0773. The molecule has 0 aliphatic carbocycles. The molecule has 1 aromatic carbocycles. The molecule has 0 bridgehead atoms. The van der Waals surface area contributed by atoms with Gasteiger partial charge in [0.1, 0.15) is 0 Å². The minimum absolute atomic E-state index is 0.0673. The first-order chi connectivity index (χ1) is 8.10. The molecule has 0 aliphatic heterocycles. The van der Waals surface area contributed by atoms with E-state index in [1.807, 2.05) is 13.0 Å². The molecule has 4 heteroatoms. The summed E-state index contributed by atoms with van der Waals surface area (Å²) < 4.78 is 0.901. The van der Waals surface area contributed by atoms with Gasteiger partial charge >= 0.3 is 0 Å². The molecular weight excluding hydrogens is 298 g/mol. The van der Waals surface area contributed by atoms with Crippen molar-refractivity contribution in [2.75, 3.05) is 13.1 Å². The topological polar surface area (TPSA) is 20.3 Å². The molecule has 0 aliphatic rings. The fourth-order valence-corrected chi connectivity index (χ4v) is 2.34. The van der Waals surface area contributed by atoms with Gasteiger partial charge < -0.3 is 4.90 Å². The van der Waals surface area contributed by atoms with E-state index >= 15 is 0 Å². The third-order valence-electron chi connectivity index (χ3n) is 2.25. The first-order valence-corrected chi connectivity index (χ1v) is 6.55. The van der Waals surface area contributed by atoms with E-state index in [4.69, 9.17) is 6.42 Å². The quantitative estimate of drug-likeness (QED) is 0.668. The van der Waals surface area contributed by atoms with Gasteiger partial charge in [0.2, 0.25) is 0 Å². The summed E-state index contributed by atoms with van der Waals surface area (Å²) in [5.74, 6) is 2.44. The van der Waals surface area contributed by atoms with Crippen LogP contribution >= 0.6 is 28.6 Å². The highest BCUT2D eigenvalue weighted by atomic mass is 79.9. The van der Waals surface area contributed by atoms with E-state index in [0.717, 1.165) is 10.9 Å². The molecule has 0 heterocycles. The summed E-state index contributed by atoms with van der Waals surface area (Å²) in [7, 11) is 0. The van der Waals surface area contributed by atoms with Gasteiger partial charge in [0.05, 0.1) is 12.1 Å². The Hall–Kier alpha value is -0.920. The Morgan fingerprint density at radius 3 is 2.82 bits per heavy atom. The van der Waals surface area contributed by atoms with Gasteiger partial charge in [-0.1, -0.05) is 28.8 Å². The number of benzene rings is 1. The molecule has 1 amide bonds. The van der Waals surface area contributed by atoms with Crippen molar-refractivity contribution in [2.45, 2.75) is 18.2 Å². The van der Waals surface area contributed by atoms with Crippen molar-refractivity contribution in [1.82, 2.24) is 4.90 Å². The molecule has 0 saturated carbocycles. The number of hydrogen-bond donors (Lipinski definition) is 1. The van der Waals surface area contributed by atoms with Crippen LogP contribution in [0, 0.1) is 12.3 Å². The molecule has 1 rings (SSSR count). The molecule has 0 atom stereocenters. The van der Waals surface area contributed by atoms with Crippen molar-refractivity contribution in [3.05, 3.63) is 28.2 Å². The van der Waals surface area contributed by atoms with Crippen molar-refractivity contribution in [3.8, 4) is 12.3 Å². The van der Waals surface area contributed by atoms with E-state index in [0.29, 0.717) is 23.5 Å². The molecule has 90 valence electrons. The lowest BCUT2D eigenvalue weighted by Gasteiger charge is -2.20. The van der Waals surface area contributed by atoms with Gasteiger partial charge in [0.25, 0.3) is 5.91 Å². The van der Waals surface area contributed by atoms with Gasteiger partial charge in [-0.05, 0) is 24.6 Å². The number of nitrogens with zero attached hydrogens (tertiary/aromatic N) is 1. The van der Waals surface area contributed by atoms with Crippen molar-refractivity contribution >= 4 is 34.5 Å². The van der Waals surface area contributed by atoms with E-state index in [-0.39, 0.29) is 5.91 Å². The SMILES string of the molecule is C#CCN(CCC)C(=O)c1ccc(Br)cc1S. The highest BCUT2D eigenvalue weighted by Crippen LogP contribution is 2.21. The molecule has 1 aromatic rings. The highest BCUT2D eigenvalue weighted by molar-refractivity contribution is 9.10. The number of halogens is 1. The van der Waals surface area contributed by atoms with E-state index in [9.17, 15) is 4.79 Å². The van der Waals surface area contributed by atoms with Crippen LogP contribution in [-0.4, -0.2) is 23.9 Å². The maximum atomic E-state index is 12.2. The predicted molar refractivity (Wildman–Crippen MR) is 76.4 cm³/mol. The van der Waals surface area contributed by atoms with Crippen LogP contribution in [0.3, 0.4) is 0 Å². The standard InChI is InChI=1S/C13H14BrNOS/c1-3-7-15(8-4-2)13(16)11-6-5-10(14)9-12(11)17/h1,5-6,9,17H,4,7-8H2,2H3. The van der Waals surface area contributed by atoms with Crippen molar-refractivity contribution in [1.29, 1.82) is 0 Å². The second-order valence-corrected chi connectivity index (χ2v) is 4.99. The Bertz CT molecular complexity index is 453. The Labute approximate surface area is 116 Å². The van der Waals surface area contributed by atoms with E-state index < -0.39 is 0 Å². The number of thiol groups is 1. The third kappa shape index (κ3) is 3.79. The first kappa shape index (κ1) is 14.1. The van der Waals surface area contributed by atoms with Gasteiger partial charge in [-0.2, -0.15) is 0 Å². The molecule has 0 unspecified atom stereocenters. The van der Waals surface area contributed by atoms with Crippen molar-refractivity contribution < 1.29 is 4.79 Å². The molecular formula is C13H14BrNOS. The molecule has 17 heavy (non-hydrogen) atoms. The zero-order valence-electron chi connectivity index (χ0n) is 9.61. The maximum absolute atomic E-state index is 12.2. The number of hydrogen-bond acceptors (Lipinski definition) is 2. The Balaban J connectivity index is 2.97. The van der Waals surface area contributed by atoms with Gasteiger partial charge in [0, 0.05) is 15.9 Å². The van der Waals surface area contributed by atoms with Crippen LogP contribution < -0.4 is 0 Å². The number of carbonyl (C=O) groups excluding carboxylic acids is 1. The highest BCUT2D eigenvalue weighted by Gasteiger charge is 2.16. The second kappa shape index (κ2) is 6.73. The number of amides is 1. The summed E-state index contributed by atoms with van der Waals surface area (Å²) in [4.78, 5) is 14.5. The largest absolute Gasteiger partial charge is 0.327 e. The minimum atomic E-state index is -0.0673. The zero-order valence-corrected chi connectivity index (χ0v) is 12.1. The molecule has 2 nitrogen and oxygen atoms in total. The average Bonchev–Trinajstić information content (AvgIpc) is 2.28. The van der Waals surface area contributed by atoms with Crippen LogP contribution in [0.25, 0.3) is 0 Å². The average molecular weight is 312 g/mol. The number of carbonyl (C=O) groups is 1. The van der Waals surface area contributed by atoms with Crippen LogP contribution in [-0.2, 0) is 0 Å². The summed E-state index contributed by atoms with van der Waals surface area (Å²) in [5.41, 5.74) is 0.584. The van der Waals surface area contributed by atoms with E-state index in [1.165, 1.54) is 0 Å². The molecule has 0 spiro atoms. The van der Waals surface area contributed by atoms with Crippen molar-refractivity contribution in [3.63, 3.8) is 0 Å². The number of terminal acetylenes is 1. The smallest absolute Gasteiger partial charge is 0.255 e. The Kier molecular flexibility index (Phi) is 5.60. The lowest BCUT2D eigenvalue weighted by atomic mass is 10.2. The molecule has 0 radical (unpaired) electrons. The van der Waals surface area contributed by atoms with Crippen LogP contribution in [0.15, 0.2) is 27.6 Å². The lowest BCUT2D eigenvalue weighted by Crippen LogP contribution is -2.32. The third-order valence-corrected chi connectivity index (χ3v) is 3.12. The van der Waals surface area contributed by atoms with Crippen LogP contribution in [0.4, 0.5) is 0 Å². The normalized spacial score (nSPS) is 9.76. The fourth-order valence-electron chi connectivity index (χ4n) is 1.49. The molecule has 0 fully saturated rings. The fraction of sp³-hybridized carbons (Fsp3) is 0.308. The summed E-state index contributed by atoms with van der Waals surface area (Å²) in [6.45, 7) is 3.00. The van der Waals surface area contributed by atoms with Gasteiger partial charge in [0.15, 0.2) is 0 Å². The molecule has 0 N–H and O–H groups in total. The maximum Gasteiger partial charge on any atom is 0.255 e. The zero-order chi connectivity index (χ0) is 12.8. The van der Waals surface area contributed by atoms with Crippen molar-refractivity contribution in [2.24, 2.45) is 0 Å². The molecule has 0 saturated heterocycles.